The molecule has 0 bridgehead atoms. The van der Waals surface area contributed by atoms with Crippen LogP contribution in [0, 0.1) is 6.92 Å². The van der Waals surface area contributed by atoms with Gasteiger partial charge < -0.3 is 30.4 Å². The highest BCUT2D eigenvalue weighted by Crippen LogP contribution is 2.32. The number of aromatic amines is 1. The van der Waals surface area contributed by atoms with E-state index in [0.717, 1.165) is 44.8 Å². The van der Waals surface area contributed by atoms with Crippen LogP contribution in [-0.4, -0.2) is 55.3 Å². The Morgan fingerprint density at radius 1 is 1.24 bits per heavy atom. The first-order valence-electron chi connectivity index (χ1n) is 12.9. The van der Waals surface area contributed by atoms with Gasteiger partial charge in [-0.15, -0.1) is 0 Å². The molecule has 1 aliphatic rings. The normalized spacial score (nSPS) is 14.9. The number of likely N-dealkylation sites (tertiary alicyclic amines) is 1. The summed E-state index contributed by atoms with van der Waals surface area (Å²) in [4.78, 5) is 22.4. The Morgan fingerprint density at radius 3 is 2.74 bits per heavy atom. The average molecular weight is 516 g/mol. The van der Waals surface area contributed by atoms with Crippen LogP contribution in [0.25, 0.3) is 17.5 Å². The number of aromatic nitrogens is 2. The number of anilines is 1. The molecule has 4 rings (SSSR count). The molecule has 0 radical (unpaired) electrons. The fourth-order valence-electron chi connectivity index (χ4n) is 4.99. The molecule has 0 unspecified atom stereocenters. The van der Waals surface area contributed by atoms with Crippen LogP contribution in [0.2, 0.25) is 0 Å². The average Bonchev–Trinajstić information content (AvgIpc) is 2.92. The number of aryl methyl sites for hydroxylation is 1. The maximum atomic E-state index is 12.8. The summed E-state index contributed by atoms with van der Waals surface area (Å²) in [5, 5.41) is 3.33. The topological polar surface area (TPSA) is 106 Å². The first-order valence-corrected chi connectivity index (χ1v) is 12.9. The third-order valence-corrected chi connectivity index (χ3v) is 7.04. The predicted octanol–water partition coefficient (Wildman–Crippen LogP) is 4.45. The Balaban J connectivity index is 1.50. The van der Waals surface area contributed by atoms with Crippen LogP contribution in [0.4, 0.5) is 5.69 Å². The molecule has 1 aromatic carbocycles. The monoisotopic (exact) mass is 515 g/mol. The maximum absolute atomic E-state index is 12.8. The number of pyridine rings is 2. The molecule has 4 N–H and O–H groups in total. The summed E-state index contributed by atoms with van der Waals surface area (Å²) >= 11 is 0. The van der Waals surface area contributed by atoms with E-state index in [2.05, 4.69) is 51.9 Å². The highest BCUT2D eigenvalue weighted by molar-refractivity contribution is 5.86. The molecular formula is C30H37N5O3. The summed E-state index contributed by atoms with van der Waals surface area (Å²) in [5.74, 6) is 1.01. The van der Waals surface area contributed by atoms with E-state index in [1.807, 2.05) is 6.07 Å². The van der Waals surface area contributed by atoms with Crippen molar-refractivity contribution in [3.05, 3.63) is 93.5 Å². The van der Waals surface area contributed by atoms with Gasteiger partial charge in [-0.25, -0.2) is 4.98 Å². The number of nitrogens with zero attached hydrogens (tertiary/aromatic N) is 2. The minimum atomic E-state index is -0.253. The number of H-pyrrole nitrogens is 1. The highest BCUT2D eigenvalue weighted by atomic mass is 16.5. The van der Waals surface area contributed by atoms with E-state index in [9.17, 15) is 4.79 Å². The largest absolute Gasteiger partial charge is 0.481 e. The van der Waals surface area contributed by atoms with Gasteiger partial charge in [0.05, 0.1) is 30.7 Å². The van der Waals surface area contributed by atoms with Gasteiger partial charge in [0.1, 0.15) is 0 Å². The van der Waals surface area contributed by atoms with Gasteiger partial charge >= 0.3 is 0 Å². The van der Waals surface area contributed by atoms with E-state index in [1.165, 1.54) is 11.1 Å². The second kappa shape index (κ2) is 12.6. The standard InChI is InChI=1S/C30H37N5O3/c1-20-18-24(8-9-25(20)22-11-14-35(15-12-22)16-17-37-3)33-21(2)29-23(10-13-32-30(29)36)19-26(31)27-6-5-7-28(34-27)38-4/h5-10,13,18-19,22,33H,2,11-12,14-17,31H2,1,3-4H3,(H,32,36)/b26-19-. The predicted molar refractivity (Wildman–Crippen MR) is 154 cm³/mol. The fourth-order valence-corrected chi connectivity index (χ4v) is 4.99. The van der Waals surface area contributed by atoms with Crippen LogP contribution in [-0.2, 0) is 4.74 Å². The quantitative estimate of drug-likeness (QED) is 0.366. The Hall–Kier alpha value is -3.88. The number of piperidine rings is 1. The van der Waals surface area contributed by atoms with E-state index < -0.39 is 0 Å². The van der Waals surface area contributed by atoms with Crippen molar-refractivity contribution in [1.29, 1.82) is 0 Å². The second-order valence-electron chi connectivity index (χ2n) is 9.59. The summed E-state index contributed by atoms with van der Waals surface area (Å²) in [7, 11) is 3.30. The first kappa shape index (κ1) is 27.2. The molecule has 0 aliphatic carbocycles. The third-order valence-electron chi connectivity index (χ3n) is 7.04. The van der Waals surface area contributed by atoms with Gasteiger partial charge in [0.2, 0.25) is 5.88 Å². The zero-order valence-corrected chi connectivity index (χ0v) is 22.4. The van der Waals surface area contributed by atoms with Gasteiger partial charge in [-0.1, -0.05) is 18.7 Å². The molecule has 8 nitrogen and oxygen atoms in total. The van der Waals surface area contributed by atoms with Gasteiger partial charge in [-0.05, 0) is 85.8 Å². The van der Waals surface area contributed by atoms with E-state index in [0.29, 0.717) is 40.0 Å². The minimum Gasteiger partial charge on any atom is -0.481 e. The number of rotatable bonds is 10. The fraction of sp³-hybridized carbons (Fsp3) is 0.333. The molecule has 0 saturated carbocycles. The molecule has 200 valence electrons. The van der Waals surface area contributed by atoms with Gasteiger partial charge in [0, 0.05) is 37.3 Å². The van der Waals surface area contributed by atoms with Crippen LogP contribution < -0.4 is 21.3 Å². The highest BCUT2D eigenvalue weighted by Gasteiger charge is 2.22. The number of ether oxygens (including phenoxy) is 2. The Bertz CT molecular complexity index is 1360. The molecule has 0 amide bonds. The molecule has 1 aliphatic heterocycles. The van der Waals surface area contributed by atoms with Crippen molar-refractivity contribution < 1.29 is 9.47 Å². The Labute approximate surface area is 224 Å². The van der Waals surface area contributed by atoms with Crippen molar-refractivity contribution in [3.8, 4) is 5.88 Å². The first-order chi connectivity index (χ1) is 18.4. The molecule has 1 fully saturated rings. The number of methoxy groups -OCH3 is 2. The summed E-state index contributed by atoms with van der Waals surface area (Å²) in [6.07, 6.45) is 5.61. The molecule has 0 atom stereocenters. The molecule has 1 saturated heterocycles. The van der Waals surface area contributed by atoms with Gasteiger partial charge in [0.15, 0.2) is 0 Å². The van der Waals surface area contributed by atoms with Crippen LogP contribution >= 0.6 is 0 Å². The van der Waals surface area contributed by atoms with E-state index in [-0.39, 0.29) is 5.56 Å². The van der Waals surface area contributed by atoms with Crippen molar-refractivity contribution >= 4 is 23.2 Å². The number of nitrogens with two attached hydrogens (primary N) is 1. The lowest BCUT2D eigenvalue weighted by molar-refractivity contribution is 0.130. The summed E-state index contributed by atoms with van der Waals surface area (Å²) in [6.45, 7) is 10.3. The second-order valence-corrected chi connectivity index (χ2v) is 9.59. The van der Waals surface area contributed by atoms with E-state index in [1.54, 1.807) is 44.7 Å². The minimum absolute atomic E-state index is 0.253. The lowest BCUT2D eigenvalue weighted by atomic mass is 9.86. The molecular weight excluding hydrogens is 478 g/mol. The number of hydrogen-bond donors (Lipinski definition) is 3. The zero-order valence-electron chi connectivity index (χ0n) is 22.4. The van der Waals surface area contributed by atoms with Crippen LogP contribution in [0.1, 0.15) is 46.7 Å². The Morgan fingerprint density at radius 2 is 2.03 bits per heavy atom. The molecule has 3 aromatic rings. The van der Waals surface area contributed by atoms with Crippen LogP contribution in [0.15, 0.2) is 60.0 Å². The molecule has 3 heterocycles. The third kappa shape index (κ3) is 6.51. The van der Waals surface area contributed by atoms with E-state index in [4.69, 9.17) is 15.2 Å². The van der Waals surface area contributed by atoms with Crippen molar-refractivity contribution in [2.24, 2.45) is 5.73 Å². The van der Waals surface area contributed by atoms with E-state index >= 15 is 0 Å². The smallest absolute Gasteiger partial charge is 0.257 e. The van der Waals surface area contributed by atoms with Crippen molar-refractivity contribution in [2.75, 3.05) is 45.8 Å². The van der Waals surface area contributed by atoms with Gasteiger partial charge in [-0.3, -0.25) is 4.79 Å². The summed E-state index contributed by atoms with van der Waals surface area (Å²) in [5.41, 5.74) is 12.1. The number of benzene rings is 1. The lowest BCUT2D eigenvalue weighted by Crippen LogP contribution is -2.35. The summed E-state index contributed by atoms with van der Waals surface area (Å²) in [6, 6.07) is 13.5. The van der Waals surface area contributed by atoms with Crippen molar-refractivity contribution in [3.63, 3.8) is 0 Å². The summed E-state index contributed by atoms with van der Waals surface area (Å²) < 4.78 is 10.4. The van der Waals surface area contributed by atoms with Crippen molar-refractivity contribution in [1.82, 2.24) is 14.9 Å². The molecule has 0 spiro atoms. The number of hydrogen-bond acceptors (Lipinski definition) is 7. The molecule has 2 aromatic heterocycles. The van der Waals surface area contributed by atoms with Crippen LogP contribution in [0.5, 0.6) is 5.88 Å². The SMILES string of the molecule is C=C(Nc1ccc(C2CCN(CCOC)CC2)c(C)c1)c1c(/C=C(\N)c2cccc(OC)n2)cc[nH]c1=O. The van der Waals surface area contributed by atoms with Gasteiger partial charge in [0.25, 0.3) is 5.56 Å². The van der Waals surface area contributed by atoms with Crippen LogP contribution in [0.3, 0.4) is 0 Å². The molecule has 38 heavy (non-hydrogen) atoms. The lowest BCUT2D eigenvalue weighted by Gasteiger charge is -2.32. The van der Waals surface area contributed by atoms with Crippen molar-refractivity contribution in [2.45, 2.75) is 25.7 Å². The Kier molecular flexibility index (Phi) is 8.99. The number of nitrogens with one attached hydrogen (secondary N) is 2. The molecule has 8 heteroatoms. The maximum Gasteiger partial charge on any atom is 0.257 e. The van der Waals surface area contributed by atoms with Gasteiger partial charge in [-0.2, -0.15) is 0 Å². The zero-order chi connectivity index (χ0) is 27.1.